The Morgan fingerprint density at radius 1 is 0.833 bits per heavy atom. The van der Waals surface area contributed by atoms with Crippen LogP contribution in [0.15, 0.2) is 89.8 Å². The third kappa shape index (κ3) is 4.40. The van der Waals surface area contributed by atoms with Gasteiger partial charge in [-0.15, -0.1) is 0 Å². The van der Waals surface area contributed by atoms with Gasteiger partial charge in [0.05, 0.1) is 0 Å². The molecule has 4 heteroatoms. The van der Waals surface area contributed by atoms with Gasteiger partial charge in [-0.1, -0.05) is 71.9 Å². The minimum Gasteiger partial charge on any atom is -0.336 e. The van der Waals surface area contributed by atoms with Gasteiger partial charge >= 0.3 is 0 Å². The Labute approximate surface area is 150 Å². The summed E-state index contributed by atoms with van der Waals surface area (Å²) in [5, 5.41) is 3.62. The van der Waals surface area contributed by atoms with Gasteiger partial charge in [-0.25, -0.2) is 0 Å². The minimum atomic E-state index is -0.180. The van der Waals surface area contributed by atoms with Gasteiger partial charge in [-0.2, -0.15) is 0 Å². The molecule has 3 rings (SSSR count). The van der Waals surface area contributed by atoms with Crippen LogP contribution in [0.4, 0.5) is 0 Å². The molecule has 24 heavy (non-hydrogen) atoms. The topological polar surface area (TPSA) is 29.1 Å². The Hall–Kier alpha value is -2.23. The Balaban J connectivity index is 1.82. The minimum absolute atomic E-state index is 0.0917. The average molecular weight is 354 g/mol. The Kier molecular flexibility index (Phi) is 5.57. The summed E-state index contributed by atoms with van der Waals surface area (Å²) in [5.41, 5.74) is 1.69. The number of hydrogen-bond donors (Lipinski definition) is 1. The lowest BCUT2D eigenvalue weighted by molar-refractivity contribution is 0.0949. The molecule has 0 heterocycles. The van der Waals surface area contributed by atoms with Gasteiger partial charge in [-0.3, -0.25) is 4.79 Å². The Bertz CT molecular complexity index is 791. The Morgan fingerprint density at radius 2 is 1.42 bits per heavy atom. The van der Waals surface area contributed by atoms with Crippen molar-refractivity contribution >= 4 is 29.3 Å². The van der Waals surface area contributed by atoms with E-state index >= 15 is 0 Å². The zero-order valence-corrected chi connectivity index (χ0v) is 14.4. The third-order valence-corrected chi connectivity index (χ3v) is 4.89. The molecule has 1 N–H and O–H groups in total. The quantitative estimate of drug-likeness (QED) is 0.480. The van der Waals surface area contributed by atoms with Crippen molar-refractivity contribution in [3.8, 4) is 0 Å². The van der Waals surface area contributed by atoms with Gasteiger partial charge in [0.25, 0.3) is 5.91 Å². The third-order valence-electron chi connectivity index (χ3n) is 3.47. The highest BCUT2D eigenvalue weighted by Gasteiger charge is 2.17. The molecule has 120 valence electrons. The molecule has 0 aromatic heterocycles. The van der Waals surface area contributed by atoms with E-state index in [9.17, 15) is 4.79 Å². The van der Waals surface area contributed by atoms with E-state index in [-0.39, 0.29) is 11.3 Å². The summed E-state index contributed by atoms with van der Waals surface area (Å²) in [7, 11) is 0. The second-order valence-corrected chi connectivity index (χ2v) is 6.82. The summed E-state index contributed by atoms with van der Waals surface area (Å²) in [6.07, 6.45) is 0. The van der Waals surface area contributed by atoms with E-state index in [2.05, 4.69) is 5.32 Å². The largest absolute Gasteiger partial charge is 0.336 e. The van der Waals surface area contributed by atoms with Crippen LogP contribution in [0.1, 0.15) is 21.3 Å². The van der Waals surface area contributed by atoms with Crippen LogP contribution in [-0.4, -0.2) is 5.91 Å². The molecule has 1 atom stereocenters. The first-order chi connectivity index (χ1) is 11.7. The zero-order chi connectivity index (χ0) is 16.8. The average Bonchev–Trinajstić information content (AvgIpc) is 2.64. The molecule has 0 aliphatic rings. The molecular weight excluding hydrogens is 338 g/mol. The van der Waals surface area contributed by atoms with Crippen molar-refractivity contribution < 1.29 is 4.79 Å². The number of rotatable bonds is 5. The molecule has 0 unspecified atom stereocenters. The van der Waals surface area contributed by atoms with E-state index in [0.29, 0.717) is 10.6 Å². The van der Waals surface area contributed by atoms with E-state index < -0.39 is 0 Å². The first kappa shape index (κ1) is 16.6. The summed E-state index contributed by atoms with van der Waals surface area (Å²) >= 11 is 7.53. The van der Waals surface area contributed by atoms with Crippen LogP contribution in [-0.2, 0) is 0 Å². The van der Waals surface area contributed by atoms with Crippen LogP contribution in [0.3, 0.4) is 0 Å². The first-order valence-corrected chi connectivity index (χ1v) is 8.81. The number of carbonyl (C=O) groups is 1. The van der Waals surface area contributed by atoms with Gasteiger partial charge in [0.2, 0.25) is 0 Å². The highest BCUT2D eigenvalue weighted by atomic mass is 35.5. The predicted molar refractivity (Wildman–Crippen MR) is 100 cm³/mol. The molecule has 0 fully saturated rings. The van der Waals surface area contributed by atoms with Crippen molar-refractivity contribution in [2.45, 2.75) is 10.3 Å². The van der Waals surface area contributed by atoms with Gasteiger partial charge in [0.15, 0.2) is 0 Å². The van der Waals surface area contributed by atoms with Gasteiger partial charge in [0.1, 0.15) is 5.37 Å². The number of thioether (sulfide) groups is 1. The van der Waals surface area contributed by atoms with Crippen molar-refractivity contribution in [3.05, 3.63) is 101 Å². The van der Waals surface area contributed by atoms with E-state index in [1.54, 1.807) is 11.8 Å². The monoisotopic (exact) mass is 353 g/mol. The van der Waals surface area contributed by atoms with Gasteiger partial charge < -0.3 is 5.32 Å². The number of benzene rings is 3. The highest BCUT2D eigenvalue weighted by molar-refractivity contribution is 7.99. The van der Waals surface area contributed by atoms with Gasteiger partial charge in [0, 0.05) is 15.5 Å². The number of nitrogens with one attached hydrogen (secondary N) is 1. The maximum absolute atomic E-state index is 12.5. The van der Waals surface area contributed by atoms with E-state index in [0.717, 1.165) is 10.5 Å². The summed E-state index contributed by atoms with van der Waals surface area (Å²) in [5.74, 6) is -0.0917. The second-order valence-electron chi connectivity index (χ2n) is 5.20. The van der Waals surface area contributed by atoms with Crippen LogP contribution in [0.5, 0.6) is 0 Å². The Morgan fingerprint density at radius 3 is 2.04 bits per heavy atom. The molecular formula is C20H16ClNOS. The first-order valence-electron chi connectivity index (χ1n) is 7.55. The van der Waals surface area contributed by atoms with E-state index in [1.807, 2.05) is 84.9 Å². The molecule has 0 saturated heterocycles. The molecule has 3 aromatic rings. The number of hydrogen-bond acceptors (Lipinski definition) is 2. The standard InChI is InChI=1S/C20H16ClNOS/c21-17-11-13-18(14-12-17)24-20(16-9-5-2-6-10-16)22-19(23)15-7-3-1-4-8-15/h1-14,20H,(H,22,23)/t20-/m1/s1. The normalized spacial score (nSPS) is 11.7. The van der Waals surface area contributed by atoms with Crippen LogP contribution in [0.2, 0.25) is 5.02 Å². The van der Waals surface area contributed by atoms with Crippen LogP contribution < -0.4 is 5.32 Å². The highest BCUT2D eigenvalue weighted by Crippen LogP contribution is 2.33. The fourth-order valence-corrected chi connectivity index (χ4v) is 3.40. The molecule has 3 aromatic carbocycles. The number of amides is 1. The number of halogens is 1. The van der Waals surface area contributed by atoms with Crippen molar-refractivity contribution in [1.29, 1.82) is 0 Å². The van der Waals surface area contributed by atoms with Crippen molar-refractivity contribution in [1.82, 2.24) is 5.32 Å². The van der Waals surface area contributed by atoms with Crippen LogP contribution in [0, 0.1) is 0 Å². The van der Waals surface area contributed by atoms with Crippen molar-refractivity contribution in [2.24, 2.45) is 0 Å². The maximum Gasteiger partial charge on any atom is 0.252 e. The van der Waals surface area contributed by atoms with Crippen molar-refractivity contribution in [3.63, 3.8) is 0 Å². The van der Waals surface area contributed by atoms with Gasteiger partial charge in [-0.05, 0) is 42.0 Å². The molecule has 0 aliphatic carbocycles. The summed E-state index contributed by atoms with van der Waals surface area (Å²) in [4.78, 5) is 13.6. The molecule has 0 spiro atoms. The lowest BCUT2D eigenvalue weighted by atomic mass is 10.2. The van der Waals surface area contributed by atoms with Crippen LogP contribution >= 0.6 is 23.4 Å². The van der Waals surface area contributed by atoms with Crippen LogP contribution in [0.25, 0.3) is 0 Å². The van der Waals surface area contributed by atoms with E-state index in [4.69, 9.17) is 11.6 Å². The molecule has 0 aliphatic heterocycles. The van der Waals surface area contributed by atoms with E-state index in [1.165, 1.54) is 0 Å². The lowest BCUT2D eigenvalue weighted by Crippen LogP contribution is -2.26. The second kappa shape index (κ2) is 8.04. The summed E-state index contributed by atoms with van der Waals surface area (Å²) in [6.45, 7) is 0. The van der Waals surface area contributed by atoms with Crippen molar-refractivity contribution in [2.75, 3.05) is 0 Å². The lowest BCUT2D eigenvalue weighted by Gasteiger charge is -2.19. The predicted octanol–water partition coefficient (Wildman–Crippen LogP) is 5.56. The summed E-state index contributed by atoms with van der Waals surface area (Å²) < 4.78 is 0. The molecule has 0 radical (unpaired) electrons. The smallest absolute Gasteiger partial charge is 0.252 e. The zero-order valence-electron chi connectivity index (χ0n) is 12.9. The maximum atomic E-state index is 12.5. The molecule has 1 amide bonds. The molecule has 0 saturated carbocycles. The fraction of sp³-hybridized carbons (Fsp3) is 0.0500. The SMILES string of the molecule is O=C(N[C@H](Sc1ccc(Cl)cc1)c1ccccc1)c1ccccc1. The fourth-order valence-electron chi connectivity index (χ4n) is 2.25. The molecule has 0 bridgehead atoms. The molecule has 2 nitrogen and oxygen atoms in total. The summed E-state index contributed by atoms with van der Waals surface area (Å²) in [6, 6.07) is 26.8. The number of carbonyl (C=O) groups excluding carboxylic acids is 1.